The number of carbonyl (C=O) groups is 4. The van der Waals surface area contributed by atoms with E-state index >= 15 is 0 Å². The highest BCUT2D eigenvalue weighted by Crippen LogP contribution is 2.43. The molecule has 2 unspecified atom stereocenters. The van der Waals surface area contributed by atoms with Crippen LogP contribution in [0.2, 0.25) is 0 Å². The Hall–Kier alpha value is -2.24. The first-order valence-corrected chi connectivity index (χ1v) is 5.55. The molecule has 3 aliphatic rings. The maximum atomic E-state index is 12.3. The molecule has 4 amide bonds. The summed E-state index contributed by atoms with van der Waals surface area (Å²) >= 11 is 0. The fraction of sp³-hybridized carbons (Fsp3) is 0.333. The molecule has 2 saturated heterocycles. The highest BCUT2D eigenvalue weighted by Gasteiger charge is 2.61. The van der Waals surface area contributed by atoms with Crippen LogP contribution >= 0.6 is 0 Å². The number of hydrogen-bond acceptors (Lipinski definition) is 4. The number of β-lactam (4-membered cyclic amide) rings is 2. The van der Waals surface area contributed by atoms with Gasteiger partial charge >= 0.3 is 0 Å². The number of hydrogen-bond donors (Lipinski definition) is 1. The molecule has 0 aromatic heterocycles. The van der Waals surface area contributed by atoms with Crippen LogP contribution in [0.4, 0.5) is 0 Å². The Balaban J connectivity index is 2.04. The highest BCUT2D eigenvalue weighted by molar-refractivity contribution is 6.26. The van der Waals surface area contributed by atoms with Crippen molar-refractivity contribution in [2.24, 2.45) is 11.3 Å². The molecule has 3 rings (SSSR count). The quantitative estimate of drug-likeness (QED) is 0.370. The van der Waals surface area contributed by atoms with Gasteiger partial charge in [-0.3, -0.25) is 29.4 Å². The molecule has 0 bridgehead atoms. The van der Waals surface area contributed by atoms with E-state index < -0.39 is 41.0 Å². The minimum Gasteiger partial charge on any atom is -0.292 e. The van der Waals surface area contributed by atoms with Gasteiger partial charge in [0.25, 0.3) is 11.8 Å². The topological polar surface area (TPSA) is 83.6 Å². The third-order valence-electron chi connectivity index (χ3n) is 3.69. The molecule has 92 valence electrons. The van der Waals surface area contributed by atoms with Gasteiger partial charge in [0.15, 0.2) is 6.04 Å². The minimum absolute atomic E-state index is 0.490. The molecule has 6 heteroatoms. The predicted molar refractivity (Wildman–Crippen MR) is 58.7 cm³/mol. The third-order valence-corrected chi connectivity index (χ3v) is 3.69. The van der Waals surface area contributed by atoms with Crippen molar-refractivity contribution in [3.63, 3.8) is 0 Å². The van der Waals surface area contributed by atoms with Crippen LogP contribution in [0.5, 0.6) is 0 Å². The van der Waals surface area contributed by atoms with Crippen molar-refractivity contribution in [2.45, 2.75) is 13.0 Å². The van der Waals surface area contributed by atoms with Gasteiger partial charge in [0.05, 0.1) is 11.3 Å². The number of fused-ring (bicyclic) bond motifs is 1. The number of nitrogens with zero attached hydrogens (tertiary/aromatic N) is 1. The molecular formula is C12H10N2O4. The van der Waals surface area contributed by atoms with Crippen LogP contribution in [-0.4, -0.2) is 34.6 Å². The summed E-state index contributed by atoms with van der Waals surface area (Å²) in [6.07, 6.45) is 6.64. The molecule has 2 heterocycles. The minimum atomic E-state index is -1.28. The van der Waals surface area contributed by atoms with Crippen LogP contribution in [0.3, 0.4) is 0 Å². The SMILES string of the molecule is CC12C=CC=CC1C(=O)N(C1C(=O)NC1=O)C2=O. The second-order valence-corrected chi connectivity index (χ2v) is 4.77. The van der Waals surface area contributed by atoms with Gasteiger partial charge in [-0.2, -0.15) is 0 Å². The standard InChI is InChI=1S/C12H10N2O4/c1-12-5-3-2-4-6(12)10(17)14(11(12)18)7-8(15)13-9(7)16/h2-7H,1H3,(H,13,15,16). The van der Waals surface area contributed by atoms with E-state index in [1.54, 1.807) is 31.2 Å². The Morgan fingerprint density at radius 2 is 1.83 bits per heavy atom. The molecule has 1 aliphatic carbocycles. The van der Waals surface area contributed by atoms with Crippen molar-refractivity contribution in [1.29, 1.82) is 0 Å². The van der Waals surface area contributed by atoms with Crippen LogP contribution in [-0.2, 0) is 19.2 Å². The number of amides is 4. The van der Waals surface area contributed by atoms with E-state index in [2.05, 4.69) is 0 Å². The van der Waals surface area contributed by atoms with Crippen LogP contribution < -0.4 is 5.32 Å². The van der Waals surface area contributed by atoms with E-state index in [0.717, 1.165) is 4.90 Å². The van der Waals surface area contributed by atoms with Crippen molar-refractivity contribution in [3.8, 4) is 0 Å². The summed E-state index contributed by atoms with van der Waals surface area (Å²) < 4.78 is 0. The molecule has 18 heavy (non-hydrogen) atoms. The molecule has 1 N–H and O–H groups in total. The van der Waals surface area contributed by atoms with Gasteiger partial charge in [0.2, 0.25) is 11.8 Å². The molecule has 0 saturated carbocycles. The second kappa shape index (κ2) is 3.16. The Morgan fingerprint density at radius 1 is 1.17 bits per heavy atom. The summed E-state index contributed by atoms with van der Waals surface area (Å²) in [7, 11) is 0. The molecular weight excluding hydrogens is 236 g/mol. The molecule has 0 radical (unpaired) electrons. The van der Waals surface area contributed by atoms with Gasteiger partial charge in [0.1, 0.15) is 0 Å². The van der Waals surface area contributed by atoms with Crippen LogP contribution in [0, 0.1) is 11.3 Å². The number of imide groups is 2. The van der Waals surface area contributed by atoms with Crippen LogP contribution in [0.25, 0.3) is 0 Å². The lowest BCUT2D eigenvalue weighted by atomic mass is 9.76. The number of nitrogens with one attached hydrogen (secondary N) is 1. The average molecular weight is 246 g/mol. The van der Waals surface area contributed by atoms with Crippen molar-refractivity contribution in [1.82, 2.24) is 10.2 Å². The van der Waals surface area contributed by atoms with E-state index in [-0.39, 0.29) is 0 Å². The molecule has 0 spiro atoms. The highest BCUT2D eigenvalue weighted by atomic mass is 16.2. The van der Waals surface area contributed by atoms with Gasteiger partial charge in [-0.25, -0.2) is 0 Å². The zero-order valence-electron chi connectivity index (χ0n) is 9.54. The lowest BCUT2D eigenvalue weighted by Crippen LogP contribution is -2.67. The molecule has 2 atom stereocenters. The summed E-state index contributed by atoms with van der Waals surface area (Å²) in [6, 6.07) is -1.28. The van der Waals surface area contributed by atoms with Crippen molar-refractivity contribution >= 4 is 23.6 Å². The maximum absolute atomic E-state index is 12.3. The number of allylic oxidation sites excluding steroid dienone is 2. The summed E-state index contributed by atoms with van der Waals surface area (Å²) in [5, 5.41) is 2.01. The fourth-order valence-corrected chi connectivity index (χ4v) is 2.57. The Bertz CT molecular complexity index is 548. The Labute approximate surface area is 102 Å². The second-order valence-electron chi connectivity index (χ2n) is 4.77. The largest absolute Gasteiger partial charge is 0.292 e. The monoisotopic (exact) mass is 246 g/mol. The van der Waals surface area contributed by atoms with Gasteiger partial charge in [0, 0.05) is 0 Å². The molecule has 0 aromatic carbocycles. The summed E-state index contributed by atoms with van der Waals surface area (Å²) in [4.78, 5) is 47.9. The van der Waals surface area contributed by atoms with Gasteiger partial charge in [-0.1, -0.05) is 24.3 Å². The third kappa shape index (κ3) is 1.07. The van der Waals surface area contributed by atoms with Crippen molar-refractivity contribution in [3.05, 3.63) is 24.3 Å². The first-order valence-electron chi connectivity index (χ1n) is 5.55. The normalized spacial score (nSPS) is 34.7. The fourth-order valence-electron chi connectivity index (χ4n) is 2.57. The first-order chi connectivity index (χ1) is 8.47. The zero-order chi connectivity index (χ0) is 13.1. The average Bonchev–Trinajstić information content (AvgIpc) is 2.51. The number of likely N-dealkylation sites (tertiary alicyclic amines) is 1. The number of carbonyl (C=O) groups excluding carboxylic acids is 4. The summed E-state index contributed by atoms with van der Waals surface area (Å²) in [6.45, 7) is 1.64. The molecule has 2 fully saturated rings. The Morgan fingerprint density at radius 3 is 2.39 bits per heavy atom. The smallest absolute Gasteiger partial charge is 0.259 e. The molecule has 0 aromatic rings. The zero-order valence-corrected chi connectivity index (χ0v) is 9.54. The van der Waals surface area contributed by atoms with Crippen LogP contribution in [0.15, 0.2) is 24.3 Å². The Kier molecular flexibility index (Phi) is 1.91. The lowest BCUT2D eigenvalue weighted by Gasteiger charge is -2.31. The van der Waals surface area contributed by atoms with Gasteiger partial charge < -0.3 is 0 Å². The number of rotatable bonds is 1. The lowest BCUT2D eigenvalue weighted by molar-refractivity contribution is -0.160. The van der Waals surface area contributed by atoms with E-state index in [1.165, 1.54) is 0 Å². The van der Waals surface area contributed by atoms with E-state index in [0.29, 0.717) is 0 Å². The van der Waals surface area contributed by atoms with E-state index in [4.69, 9.17) is 0 Å². The van der Waals surface area contributed by atoms with Gasteiger partial charge in [-0.05, 0) is 6.92 Å². The summed E-state index contributed by atoms with van der Waals surface area (Å²) in [5.41, 5.74) is -0.984. The van der Waals surface area contributed by atoms with Gasteiger partial charge in [-0.15, -0.1) is 0 Å². The van der Waals surface area contributed by atoms with Crippen molar-refractivity contribution < 1.29 is 19.2 Å². The molecule has 2 aliphatic heterocycles. The van der Waals surface area contributed by atoms with Crippen LogP contribution in [0.1, 0.15) is 6.92 Å². The molecule has 6 nitrogen and oxygen atoms in total. The summed E-state index contributed by atoms with van der Waals surface area (Å²) in [5.74, 6) is -2.81. The van der Waals surface area contributed by atoms with E-state index in [1.807, 2.05) is 5.32 Å². The van der Waals surface area contributed by atoms with E-state index in [9.17, 15) is 19.2 Å². The maximum Gasteiger partial charge on any atom is 0.259 e. The van der Waals surface area contributed by atoms with Crippen molar-refractivity contribution in [2.75, 3.05) is 0 Å². The first kappa shape index (κ1) is 10.9. The predicted octanol–water partition coefficient (Wildman–Crippen LogP) is -0.871.